The van der Waals surface area contributed by atoms with Crippen molar-refractivity contribution >= 4 is 23.1 Å². The molecule has 1 aliphatic carbocycles. The number of amides is 1. The van der Waals surface area contributed by atoms with Crippen molar-refractivity contribution in [1.29, 1.82) is 0 Å². The van der Waals surface area contributed by atoms with Crippen LogP contribution in [0.3, 0.4) is 0 Å². The maximum absolute atomic E-state index is 12.0. The van der Waals surface area contributed by atoms with Gasteiger partial charge in [0.2, 0.25) is 5.91 Å². The predicted molar refractivity (Wildman–Crippen MR) is 79.3 cm³/mol. The first-order valence-electron chi connectivity index (χ1n) is 6.96. The highest BCUT2D eigenvalue weighted by atomic mass is 32.1. The lowest BCUT2D eigenvalue weighted by Gasteiger charge is -2.29. The van der Waals surface area contributed by atoms with E-state index in [1.165, 1.54) is 32.1 Å². The molecule has 1 rings (SSSR count). The van der Waals surface area contributed by atoms with Gasteiger partial charge in [0.15, 0.2) is 0 Å². The van der Waals surface area contributed by atoms with Crippen molar-refractivity contribution < 1.29 is 4.79 Å². The fraction of sp³-hybridized carbons (Fsp3) is 0.857. The van der Waals surface area contributed by atoms with E-state index in [0.29, 0.717) is 5.92 Å². The molecular formula is C14H26N2OS. The third-order valence-electron chi connectivity index (χ3n) is 4.28. The summed E-state index contributed by atoms with van der Waals surface area (Å²) in [5, 5.41) is 3.00. The number of carbonyl (C=O) groups excluding carboxylic acids is 1. The van der Waals surface area contributed by atoms with E-state index in [-0.39, 0.29) is 10.9 Å². The molecule has 3 N–H and O–H groups in total. The van der Waals surface area contributed by atoms with Crippen LogP contribution in [0.15, 0.2) is 0 Å². The van der Waals surface area contributed by atoms with Gasteiger partial charge in [0.25, 0.3) is 0 Å². The fourth-order valence-electron chi connectivity index (χ4n) is 2.41. The van der Waals surface area contributed by atoms with Crippen LogP contribution in [0.4, 0.5) is 0 Å². The van der Waals surface area contributed by atoms with Crippen LogP contribution in [0, 0.1) is 17.3 Å². The average Bonchev–Trinajstić information content (AvgIpc) is 2.36. The van der Waals surface area contributed by atoms with Gasteiger partial charge in [0.05, 0.1) is 10.4 Å². The van der Waals surface area contributed by atoms with Crippen LogP contribution < -0.4 is 11.1 Å². The first-order chi connectivity index (χ1) is 8.37. The molecule has 0 aliphatic heterocycles. The Bertz CT molecular complexity index is 307. The van der Waals surface area contributed by atoms with Crippen molar-refractivity contribution in [1.82, 2.24) is 5.32 Å². The van der Waals surface area contributed by atoms with Crippen LogP contribution in [0.1, 0.15) is 52.9 Å². The molecule has 1 saturated carbocycles. The molecule has 0 saturated heterocycles. The SMILES string of the molecule is CCC1CCC(CNC(=O)C(C)(C)C(N)=S)CC1. The summed E-state index contributed by atoms with van der Waals surface area (Å²) in [5.41, 5.74) is 4.85. The Hall–Kier alpha value is -0.640. The van der Waals surface area contributed by atoms with Crippen molar-refractivity contribution in [3.63, 3.8) is 0 Å². The van der Waals surface area contributed by atoms with Gasteiger partial charge in [-0.3, -0.25) is 4.79 Å². The zero-order chi connectivity index (χ0) is 13.8. The number of hydrogen-bond donors (Lipinski definition) is 2. The second-order valence-electron chi connectivity index (χ2n) is 5.99. The van der Waals surface area contributed by atoms with Gasteiger partial charge in [-0.1, -0.05) is 38.4 Å². The third kappa shape index (κ3) is 3.94. The molecule has 0 aromatic carbocycles. The summed E-state index contributed by atoms with van der Waals surface area (Å²) in [6, 6.07) is 0. The molecule has 0 radical (unpaired) electrons. The Labute approximate surface area is 116 Å². The van der Waals surface area contributed by atoms with E-state index in [0.717, 1.165) is 12.5 Å². The van der Waals surface area contributed by atoms with Crippen LogP contribution in [-0.4, -0.2) is 17.4 Å². The standard InChI is InChI=1S/C14H26N2OS/c1-4-10-5-7-11(8-6-10)9-16-13(17)14(2,3)12(15)18/h10-11H,4-9H2,1-3H3,(H2,15,18)(H,16,17). The number of thiocarbonyl (C=S) groups is 1. The van der Waals surface area contributed by atoms with Crippen molar-refractivity contribution in [3.8, 4) is 0 Å². The molecule has 0 heterocycles. The number of rotatable bonds is 5. The number of carbonyl (C=O) groups is 1. The van der Waals surface area contributed by atoms with Gasteiger partial charge in [0.1, 0.15) is 0 Å². The van der Waals surface area contributed by atoms with Gasteiger partial charge >= 0.3 is 0 Å². The molecule has 0 bridgehead atoms. The number of nitrogens with two attached hydrogens (primary N) is 1. The summed E-state index contributed by atoms with van der Waals surface area (Å²) in [4.78, 5) is 12.2. The van der Waals surface area contributed by atoms with E-state index < -0.39 is 5.41 Å². The molecule has 1 aliphatic rings. The maximum Gasteiger partial charge on any atom is 0.232 e. The summed E-state index contributed by atoms with van der Waals surface area (Å²) in [6.45, 7) is 6.58. The number of hydrogen-bond acceptors (Lipinski definition) is 2. The molecule has 0 aromatic heterocycles. The Balaban J connectivity index is 2.34. The van der Waals surface area contributed by atoms with E-state index in [4.69, 9.17) is 18.0 Å². The summed E-state index contributed by atoms with van der Waals surface area (Å²) < 4.78 is 0. The van der Waals surface area contributed by atoms with E-state index in [1.54, 1.807) is 13.8 Å². The first-order valence-corrected chi connectivity index (χ1v) is 7.37. The van der Waals surface area contributed by atoms with Gasteiger partial charge in [-0.05, 0) is 38.5 Å². The minimum atomic E-state index is -0.740. The maximum atomic E-state index is 12.0. The van der Waals surface area contributed by atoms with Gasteiger partial charge in [0, 0.05) is 6.54 Å². The molecule has 3 nitrogen and oxygen atoms in total. The van der Waals surface area contributed by atoms with Crippen LogP contribution >= 0.6 is 12.2 Å². The normalized spacial score (nSPS) is 24.6. The van der Waals surface area contributed by atoms with Gasteiger partial charge in [-0.25, -0.2) is 0 Å². The molecule has 18 heavy (non-hydrogen) atoms. The largest absolute Gasteiger partial charge is 0.392 e. The van der Waals surface area contributed by atoms with Crippen LogP contribution in [0.25, 0.3) is 0 Å². The van der Waals surface area contributed by atoms with Crippen molar-refractivity contribution in [2.45, 2.75) is 52.9 Å². The van der Waals surface area contributed by atoms with Crippen LogP contribution in [0.5, 0.6) is 0 Å². The monoisotopic (exact) mass is 270 g/mol. The Morgan fingerprint density at radius 2 is 1.78 bits per heavy atom. The quantitative estimate of drug-likeness (QED) is 0.755. The molecule has 0 aromatic rings. The Kier molecular flexibility index (Phi) is 5.57. The van der Waals surface area contributed by atoms with E-state index in [1.807, 2.05) is 0 Å². The molecule has 1 amide bonds. The summed E-state index contributed by atoms with van der Waals surface area (Å²) in [5.74, 6) is 1.47. The highest BCUT2D eigenvalue weighted by Crippen LogP contribution is 2.30. The molecular weight excluding hydrogens is 244 g/mol. The minimum absolute atomic E-state index is 0.0485. The van der Waals surface area contributed by atoms with Crippen LogP contribution in [-0.2, 0) is 4.79 Å². The first kappa shape index (κ1) is 15.4. The van der Waals surface area contributed by atoms with Crippen LogP contribution in [0.2, 0.25) is 0 Å². The summed E-state index contributed by atoms with van der Waals surface area (Å²) in [6.07, 6.45) is 6.34. The topological polar surface area (TPSA) is 55.1 Å². The fourth-order valence-corrected chi connectivity index (χ4v) is 2.51. The lowest BCUT2D eigenvalue weighted by atomic mass is 9.80. The summed E-state index contributed by atoms with van der Waals surface area (Å²) in [7, 11) is 0. The zero-order valence-corrected chi connectivity index (χ0v) is 12.6. The van der Waals surface area contributed by atoms with E-state index in [2.05, 4.69) is 12.2 Å². The van der Waals surface area contributed by atoms with E-state index >= 15 is 0 Å². The second kappa shape index (κ2) is 6.50. The molecule has 0 unspecified atom stereocenters. The van der Waals surface area contributed by atoms with Crippen molar-refractivity contribution in [3.05, 3.63) is 0 Å². The smallest absolute Gasteiger partial charge is 0.232 e. The van der Waals surface area contributed by atoms with Crippen molar-refractivity contribution in [2.75, 3.05) is 6.54 Å². The Morgan fingerprint density at radius 1 is 1.28 bits per heavy atom. The van der Waals surface area contributed by atoms with Crippen molar-refractivity contribution in [2.24, 2.45) is 23.0 Å². The lowest BCUT2D eigenvalue weighted by Crippen LogP contribution is -2.46. The molecule has 0 spiro atoms. The third-order valence-corrected chi connectivity index (χ3v) is 4.79. The van der Waals surface area contributed by atoms with Gasteiger partial charge in [-0.15, -0.1) is 0 Å². The molecule has 1 fully saturated rings. The lowest BCUT2D eigenvalue weighted by molar-refractivity contribution is -0.126. The van der Waals surface area contributed by atoms with E-state index in [9.17, 15) is 4.79 Å². The minimum Gasteiger partial charge on any atom is -0.392 e. The van der Waals surface area contributed by atoms with Gasteiger partial charge in [-0.2, -0.15) is 0 Å². The summed E-state index contributed by atoms with van der Waals surface area (Å²) >= 11 is 4.93. The van der Waals surface area contributed by atoms with Gasteiger partial charge < -0.3 is 11.1 Å². The highest BCUT2D eigenvalue weighted by Gasteiger charge is 2.31. The second-order valence-corrected chi connectivity index (χ2v) is 6.43. The molecule has 104 valence electrons. The predicted octanol–water partition coefficient (Wildman–Crippen LogP) is 2.63. The number of nitrogens with one attached hydrogen (secondary N) is 1. The Morgan fingerprint density at radius 3 is 2.22 bits per heavy atom. The zero-order valence-electron chi connectivity index (χ0n) is 11.8. The molecule has 4 heteroatoms. The average molecular weight is 270 g/mol. The highest BCUT2D eigenvalue weighted by molar-refractivity contribution is 7.80. The molecule has 0 atom stereocenters.